The van der Waals surface area contributed by atoms with Gasteiger partial charge in [-0.25, -0.2) is 0 Å². The first-order valence-corrected chi connectivity index (χ1v) is 11.1. The molecule has 0 aromatic heterocycles. The first kappa shape index (κ1) is 24.6. The minimum absolute atomic E-state index is 0.140. The molecule has 0 radical (unpaired) electrons. The normalized spacial score (nSPS) is 24.1. The average molecular weight is 387 g/mol. The number of unbranched alkanes of at least 4 members (excludes halogenated alkanes) is 10. The molecule has 1 saturated heterocycles. The molecule has 0 spiro atoms. The predicted molar refractivity (Wildman–Crippen MR) is 109 cm³/mol. The quantitative estimate of drug-likeness (QED) is 0.262. The van der Waals surface area contributed by atoms with Crippen molar-refractivity contribution in [3.05, 3.63) is 12.2 Å². The molecule has 1 heterocycles. The van der Waals surface area contributed by atoms with Crippen molar-refractivity contribution in [2.24, 2.45) is 0 Å². The molecular formula is C22H42O5. The van der Waals surface area contributed by atoms with Crippen molar-refractivity contribution in [2.75, 3.05) is 19.8 Å². The van der Waals surface area contributed by atoms with Crippen LogP contribution in [0.2, 0.25) is 0 Å². The Balaban J connectivity index is 1.93. The second-order valence-electron chi connectivity index (χ2n) is 7.68. The Morgan fingerprint density at radius 3 is 2.19 bits per heavy atom. The van der Waals surface area contributed by atoms with Gasteiger partial charge in [-0.2, -0.15) is 0 Å². The van der Waals surface area contributed by atoms with Crippen molar-refractivity contribution in [3.63, 3.8) is 0 Å². The van der Waals surface area contributed by atoms with Crippen LogP contribution >= 0.6 is 0 Å². The molecule has 1 rings (SSSR count). The molecule has 5 heteroatoms. The lowest BCUT2D eigenvalue weighted by Crippen LogP contribution is -2.42. The molecule has 0 aromatic rings. The van der Waals surface area contributed by atoms with Crippen molar-refractivity contribution in [1.82, 2.24) is 0 Å². The third kappa shape index (κ3) is 11.2. The van der Waals surface area contributed by atoms with Gasteiger partial charge in [-0.1, -0.05) is 76.9 Å². The zero-order valence-corrected chi connectivity index (χ0v) is 17.2. The van der Waals surface area contributed by atoms with Gasteiger partial charge in [-0.3, -0.25) is 0 Å². The summed E-state index contributed by atoms with van der Waals surface area (Å²) >= 11 is 0. The third-order valence-electron chi connectivity index (χ3n) is 5.21. The Morgan fingerprint density at radius 2 is 1.56 bits per heavy atom. The number of aliphatic hydroxyl groups excluding tert-OH is 3. The summed E-state index contributed by atoms with van der Waals surface area (Å²) in [4.78, 5) is 0. The summed E-state index contributed by atoms with van der Waals surface area (Å²) in [5.41, 5.74) is 0. The minimum Gasteiger partial charge on any atom is -0.394 e. The molecule has 4 atom stereocenters. The van der Waals surface area contributed by atoms with Crippen molar-refractivity contribution in [2.45, 2.75) is 108 Å². The molecule has 0 bridgehead atoms. The lowest BCUT2D eigenvalue weighted by Gasteiger charge is -2.23. The Morgan fingerprint density at radius 1 is 0.963 bits per heavy atom. The van der Waals surface area contributed by atoms with Gasteiger partial charge in [0.25, 0.3) is 0 Å². The zero-order valence-electron chi connectivity index (χ0n) is 17.2. The highest BCUT2D eigenvalue weighted by Gasteiger charge is 2.40. The molecule has 5 nitrogen and oxygen atoms in total. The highest BCUT2D eigenvalue weighted by Crippen LogP contribution is 2.21. The number of rotatable bonds is 17. The van der Waals surface area contributed by atoms with Crippen molar-refractivity contribution in [1.29, 1.82) is 0 Å². The van der Waals surface area contributed by atoms with Crippen molar-refractivity contribution < 1.29 is 24.8 Å². The summed E-state index contributed by atoms with van der Waals surface area (Å²) < 4.78 is 11.0. The van der Waals surface area contributed by atoms with Crippen LogP contribution in [0.25, 0.3) is 0 Å². The molecular weight excluding hydrogens is 344 g/mol. The molecule has 1 fully saturated rings. The lowest BCUT2D eigenvalue weighted by atomic mass is 10.1. The topological polar surface area (TPSA) is 79.2 Å². The maximum absolute atomic E-state index is 9.86. The third-order valence-corrected chi connectivity index (χ3v) is 5.21. The van der Waals surface area contributed by atoms with Crippen LogP contribution in [0.15, 0.2) is 12.2 Å². The lowest BCUT2D eigenvalue weighted by molar-refractivity contribution is -0.0924. The second kappa shape index (κ2) is 16.5. The Labute approximate surface area is 165 Å². The van der Waals surface area contributed by atoms with Crippen LogP contribution in [0.4, 0.5) is 0 Å². The predicted octanol–water partition coefficient (Wildman–Crippen LogP) is 3.74. The van der Waals surface area contributed by atoms with Gasteiger partial charge >= 0.3 is 0 Å². The number of allylic oxidation sites excluding steroid dienone is 1. The molecule has 0 aliphatic carbocycles. The Kier molecular flexibility index (Phi) is 15.0. The first-order chi connectivity index (χ1) is 13.2. The van der Waals surface area contributed by atoms with Crippen molar-refractivity contribution >= 4 is 0 Å². The highest BCUT2D eigenvalue weighted by molar-refractivity contribution is 4.89. The Bertz CT molecular complexity index is 361. The van der Waals surface area contributed by atoms with E-state index in [4.69, 9.17) is 14.6 Å². The molecule has 3 N–H and O–H groups in total. The smallest absolute Gasteiger partial charge is 0.114 e. The van der Waals surface area contributed by atoms with Crippen LogP contribution in [0.5, 0.6) is 0 Å². The number of ether oxygens (including phenoxy) is 2. The van der Waals surface area contributed by atoms with E-state index in [0.29, 0.717) is 6.61 Å². The van der Waals surface area contributed by atoms with E-state index in [1.54, 1.807) is 0 Å². The van der Waals surface area contributed by atoms with Crippen LogP contribution in [-0.2, 0) is 9.47 Å². The van der Waals surface area contributed by atoms with E-state index < -0.39 is 31.0 Å². The van der Waals surface area contributed by atoms with Crippen LogP contribution < -0.4 is 0 Å². The number of hydrogen-bond donors (Lipinski definition) is 3. The van der Waals surface area contributed by atoms with E-state index in [2.05, 4.69) is 19.1 Å². The maximum Gasteiger partial charge on any atom is 0.114 e. The molecule has 0 aromatic carbocycles. The molecule has 1 aliphatic rings. The van der Waals surface area contributed by atoms with E-state index in [1.807, 2.05) is 0 Å². The van der Waals surface area contributed by atoms with Crippen molar-refractivity contribution in [3.8, 4) is 0 Å². The molecule has 27 heavy (non-hydrogen) atoms. The zero-order chi connectivity index (χ0) is 19.7. The van der Waals surface area contributed by atoms with E-state index >= 15 is 0 Å². The summed E-state index contributed by atoms with van der Waals surface area (Å²) in [5, 5.41) is 28.6. The average Bonchev–Trinajstić information content (AvgIpc) is 3.04. The van der Waals surface area contributed by atoms with E-state index in [9.17, 15) is 10.2 Å². The largest absolute Gasteiger partial charge is 0.394 e. The summed E-state index contributed by atoms with van der Waals surface area (Å²) in [5.74, 6) is 0. The van der Waals surface area contributed by atoms with Crippen LogP contribution in [0.1, 0.15) is 84.0 Å². The first-order valence-electron chi connectivity index (χ1n) is 11.1. The van der Waals surface area contributed by atoms with Gasteiger partial charge in [0.2, 0.25) is 0 Å². The number of hydrogen-bond acceptors (Lipinski definition) is 5. The van der Waals surface area contributed by atoms with E-state index in [0.717, 1.165) is 12.8 Å². The molecule has 1 aliphatic heterocycles. The summed E-state index contributed by atoms with van der Waals surface area (Å²) in [7, 11) is 0. The van der Waals surface area contributed by atoms with Gasteiger partial charge in [-0.15, -0.1) is 0 Å². The van der Waals surface area contributed by atoms with Gasteiger partial charge in [0.15, 0.2) is 0 Å². The summed E-state index contributed by atoms with van der Waals surface area (Å²) in [6.07, 6.45) is 16.8. The van der Waals surface area contributed by atoms with Gasteiger partial charge in [0, 0.05) is 0 Å². The number of aliphatic hydroxyl groups is 3. The van der Waals surface area contributed by atoms with Crippen LogP contribution in [0, 0.1) is 0 Å². The standard InChI is InChI=1S/C22H42O5/c1-2-3-4-5-6-7-8-9-10-11-12-13-14-15-16-26-22-20(25)18-27-21(22)19(24)17-23/h13-14,19-25H,2-12,15-18H2,1H3/b14-13+/t19-,20+,21-,22-/m1/s1. The summed E-state index contributed by atoms with van der Waals surface area (Å²) in [6, 6.07) is 0. The highest BCUT2D eigenvalue weighted by atomic mass is 16.6. The molecule has 0 amide bonds. The second-order valence-corrected chi connectivity index (χ2v) is 7.68. The maximum atomic E-state index is 9.86. The van der Waals surface area contributed by atoms with E-state index in [-0.39, 0.29) is 6.61 Å². The van der Waals surface area contributed by atoms with Gasteiger partial charge in [0.05, 0.1) is 19.8 Å². The van der Waals surface area contributed by atoms with Crippen LogP contribution in [0.3, 0.4) is 0 Å². The molecule has 0 unspecified atom stereocenters. The monoisotopic (exact) mass is 386 g/mol. The minimum atomic E-state index is -1.01. The molecule has 0 saturated carbocycles. The van der Waals surface area contributed by atoms with E-state index in [1.165, 1.54) is 64.2 Å². The summed E-state index contributed by atoms with van der Waals surface area (Å²) in [6.45, 7) is 2.49. The fourth-order valence-electron chi connectivity index (χ4n) is 3.52. The Hall–Kier alpha value is -0.460. The fraction of sp³-hybridized carbons (Fsp3) is 0.909. The fourth-order valence-corrected chi connectivity index (χ4v) is 3.52. The van der Waals surface area contributed by atoms with Gasteiger partial charge in [-0.05, 0) is 19.3 Å². The molecule has 160 valence electrons. The van der Waals surface area contributed by atoms with Gasteiger partial charge in [0.1, 0.15) is 24.4 Å². The SMILES string of the molecule is CCCCCCCCCCCC/C=C/CCO[C@H]1[C@@H]([C@H](O)CO)OC[C@@H]1O. The van der Waals surface area contributed by atoms with Gasteiger partial charge < -0.3 is 24.8 Å². The van der Waals surface area contributed by atoms with Crippen LogP contribution in [-0.4, -0.2) is 59.6 Å².